The van der Waals surface area contributed by atoms with Crippen molar-refractivity contribution in [3.63, 3.8) is 0 Å². The minimum absolute atomic E-state index is 0.375. The van der Waals surface area contributed by atoms with Gasteiger partial charge in [0.15, 0.2) is 9.84 Å². The van der Waals surface area contributed by atoms with Gasteiger partial charge in [-0.2, -0.15) is 0 Å². The molecule has 1 rings (SSSR count). The van der Waals surface area contributed by atoms with E-state index in [-0.39, 0.29) is 0 Å². The minimum Gasteiger partial charge on any atom is -0.311 e. The Balaban J connectivity index is 3.17. The molecular formula is C8H10ClNO2S. The van der Waals surface area contributed by atoms with Crippen LogP contribution >= 0.6 is 11.6 Å². The fourth-order valence-electron chi connectivity index (χ4n) is 0.936. The zero-order chi connectivity index (χ0) is 10.1. The molecule has 0 fully saturated rings. The first kappa shape index (κ1) is 10.5. The molecule has 0 heterocycles. The van der Waals surface area contributed by atoms with Crippen molar-refractivity contribution in [1.82, 2.24) is 0 Å². The van der Waals surface area contributed by atoms with E-state index in [0.717, 1.165) is 6.26 Å². The molecule has 0 spiro atoms. The first-order valence-electron chi connectivity index (χ1n) is 3.62. The monoisotopic (exact) mass is 219 g/mol. The van der Waals surface area contributed by atoms with Gasteiger partial charge in [0.25, 0.3) is 0 Å². The van der Waals surface area contributed by atoms with Gasteiger partial charge in [-0.3, -0.25) is 0 Å². The molecule has 1 aromatic rings. The molecule has 0 amide bonds. The Bertz CT molecular complexity index is 402. The van der Waals surface area contributed by atoms with Crippen LogP contribution in [-0.2, 0) is 9.84 Å². The van der Waals surface area contributed by atoms with Gasteiger partial charge in [-0.1, -0.05) is 29.8 Å². The van der Waals surface area contributed by atoms with E-state index in [1.807, 2.05) is 0 Å². The summed E-state index contributed by atoms with van der Waals surface area (Å²) in [7, 11) is -3.29. The van der Waals surface area contributed by atoms with Crippen LogP contribution in [0.1, 0.15) is 10.9 Å². The molecule has 0 bridgehead atoms. The van der Waals surface area contributed by atoms with Crippen LogP contribution in [0.25, 0.3) is 0 Å². The first-order valence-corrected chi connectivity index (χ1v) is 5.95. The van der Waals surface area contributed by atoms with E-state index >= 15 is 0 Å². The molecule has 0 aromatic heterocycles. The molecule has 0 saturated heterocycles. The number of hydrogen-bond acceptors (Lipinski definition) is 3. The summed E-state index contributed by atoms with van der Waals surface area (Å²) in [5.41, 5.74) is 5.94. The number of hydrogen-bond donors (Lipinski definition) is 1. The van der Waals surface area contributed by atoms with E-state index in [1.165, 1.54) is 0 Å². The lowest BCUT2D eigenvalue weighted by atomic mass is 10.2. The molecule has 3 nitrogen and oxygen atoms in total. The van der Waals surface area contributed by atoms with Crippen LogP contribution in [0.3, 0.4) is 0 Å². The number of nitrogens with two attached hydrogens (primary N) is 1. The number of halogens is 1. The molecular weight excluding hydrogens is 210 g/mol. The fourth-order valence-corrected chi connectivity index (χ4v) is 1.92. The molecule has 1 unspecified atom stereocenters. The predicted octanol–water partition coefficient (Wildman–Crippen LogP) is 1.34. The van der Waals surface area contributed by atoms with Gasteiger partial charge < -0.3 is 5.73 Å². The Morgan fingerprint density at radius 2 is 1.92 bits per heavy atom. The average molecular weight is 220 g/mol. The lowest BCUT2D eigenvalue weighted by Crippen LogP contribution is -2.20. The maximum atomic E-state index is 11.1. The maximum absolute atomic E-state index is 11.1. The summed E-state index contributed by atoms with van der Waals surface area (Å²) < 4.78 is 22.2. The van der Waals surface area contributed by atoms with Crippen LogP contribution in [-0.4, -0.2) is 14.7 Å². The highest BCUT2D eigenvalue weighted by Gasteiger charge is 2.19. The van der Waals surface area contributed by atoms with Crippen LogP contribution in [0.4, 0.5) is 0 Å². The lowest BCUT2D eigenvalue weighted by Gasteiger charge is -2.10. The highest BCUT2D eigenvalue weighted by molar-refractivity contribution is 7.90. The van der Waals surface area contributed by atoms with E-state index < -0.39 is 15.2 Å². The summed E-state index contributed by atoms with van der Waals surface area (Å²) >= 11 is 5.78. The SMILES string of the molecule is CS(=O)(=O)C(N)c1ccccc1Cl. The van der Waals surface area contributed by atoms with Gasteiger partial charge in [-0.15, -0.1) is 0 Å². The van der Waals surface area contributed by atoms with E-state index in [4.69, 9.17) is 17.3 Å². The quantitative estimate of drug-likeness (QED) is 0.817. The third-order valence-electron chi connectivity index (χ3n) is 1.67. The van der Waals surface area contributed by atoms with Crippen molar-refractivity contribution in [2.45, 2.75) is 5.37 Å². The van der Waals surface area contributed by atoms with Crippen molar-refractivity contribution in [2.75, 3.05) is 6.26 Å². The second-order valence-electron chi connectivity index (χ2n) is 2.77. The van der Waals surface area contributed by atoms with Crippen LogP contribution in [0.5, 0.6) is 0 Å². The molecule has 1 aromatic carbocycles. The molecule has 5 heteroatoms. The second kappa shape index (κ2) is 3.65. The van der Waals surface area contributed by atoms with Crippen molar-refractivity contribution in [3.8, 4) is 0 Å². The zero-order valence-electron chi connectivity index (χ0n) is 7.07. The van der Waals surface area contributed by atoms with Crippen molar-refractivity contribution in [2.24, 2.45) is 5.73 Å². The number of sulfone groups is 1. The Morgan fingerprint density at radius 3 is 2.38 bits per heavy atom. The summed E-state index contributed by atoms with van der Waals surface area (Å²) in [6.45, 7) is 0. The van der Waals surface area contributed by atoms with Gasteiger partial charge in [0.1, 0.15) is 5.37 Å². The molecule has 2 N–H and O–H groups in total. The molecule has 0 saturated carbocycles. The largest absolute Gasteiger partial charge is 0.311 e. The highest BCUT2D eigenvalue weighted by Crippen LogP contribution is 2.23. The molecule has 72 valence electrons. The van der Waals surface area contributed by atoms with E-state index in [9.17, 15) is 8.42 Å². The smallest absolute Gasteiger partial charge is 0.167 e. The third kappa shape index (κ3) is 2.43. The topological polar surface area (TPSA) is 60.2 Å². The van der Waals surface area contributed by atoms with Crippen molar-refractivity contribution >= 4 is 21.4 Å². The Labute approximate surface area is 82.4 Å². The van der Waals surface area contributed by atoms with Gasteiger partial charge in [-0.25, -0.2) is 8.42 Å². The Hall–Kier alpha value is -0.580. The van der Waals surface area contributed by atoms with Crippen molar-refractivity contribution < 1.29 is 8.42 Å². The summed E-state index contributed by atoms with van der Waals surface area (Å²) in [6, 6.07) is 6.64. The lowest BCUT2D eigenvalue weighted by molar-refractivity contribution is 0.590. The minimum atomic E-state index is -3.29. The predicted molar refractivity (Wildman–Crippen MR) is 53.2 cm³/mol. The summed E-state index contributed by atoms with van der Waals surface area (Å²) in [4.78, 5) is 0. The highest BCUT2D eigenvalue weighted by atomic mass is 35.5. The van der Waals surface area contributed by atoms with Crippen LogP contribution < -0.4 is 5.73 Å². The number of rotatable bonds is 2. The van der Waals surface area contributed by atoms with Crippen LogP contribution in [0, 0.1) is 0 Å². The van der Waals surface area contributed by atoms with Crippen molar-refractivity contribution in [3.05, 3.63) is 34.9 Å². The number of benzene rings is 1. The summed E-state index contributed by atoms with van der Waals surface area (Å²) in [6.07, 6.45) is 1.08. The molecule has 1 atom stereocenters. The van der Waals surface area contributed by atoms with E-state index in [1.54, 1.807) is 24.3 Å². The first-order chi connectivity index (χ1) is 5.93. The van der Waals surface area contributed by atoms with Gasteiger partial charge in [-0.05, 0) is 6.07 Å². The Morgan fingerprint density at radius 1 is 1.38 bits per heavy atom. The van der Waals surface area contributed by atoms with Crippen molar-refractivity contribution in [1.29, 1.82) is 0 Å². The van der Waals surface area contributed by atoms with Gasteiger partial charge in [0.2, 0.25) is 0 Å². The average Bonchev–Trinajstić information content (AvgIpc) is 2.02. The van der Waals surface area contributed by atoms with Crippen LogP contribution in [0.15, 0.2) is 24.3 Å². The third-order valence-corrected chi connectivity index (χ3v) is 3.19. The summed E-state index contributed by atoms with van der Waals surface area (Å²) in [5.74, 6) is 0. The molecule has 0 aliphatic carbocycles. The normalized spacial score (nSPS) is 14.1. The van der Waals surface area contributed by atoms with Gasteiger partial charge in [0.05, 0.1) is 0 Å². The molecule has 13 heavy (non-hydrogen) atoms. The maximum Gasteiger partial charge on any atom is 0.167 e. The Kier molecular flexibility index (Phi) is 2.95. The molecule has 0 radical (unpaired) electrons. The second-order valence-corrected chi connectivity index (χ2v) is 5.35. The van der Waals surface area contributed by atoms with Gasteiger partial charge >= 0.3 is 0 Å². The van der Waals surface area contributed by atoms with Crippen LogP contribution in [0.2, 0.25) is 5.02 Å². The molecule has 0 aliphatic heterocycles. The molecule has 0 aliphatic rings. The zero-order valence-corrected chi connectivity index (χ0v) is 8.64. The van der Waals surface area contributed by atoms with E-state index in [0.29, 0.717) is 10.6 Å². The van der Waals surface area contributed by atoms with Gasteiger partial charge in [0, 0.05) is 16.8 Å². The fraction of sp³-hybridized carbons (Fsp3) is 0.250. The van der Waals surface area contributed by atoms with E-state index in [2.05, 4.69) is 0 Å². The summed E-state index contributed by atoms with van der Waals surface area (Å²) in [5, 5.41) is -0.665. The standard InChI is InChI=1S/C8H10ClNO2S/c1-13(11,12)8(10)6-4-2-3-5-7(6)9/h2-5,8H,10H2,1H3.